The van der Waals surface area contributed by atoms with Crippen molar-refractivity contribution < 1.29 is 28.6 Å². The van der Waals surface area contributed by atoms with Crippen molar-refractivity contribution in [3.05, 3.63) is 109 Å². The molecule has 0 aromatic carbocycles. The molecular weight excluding hydrogens is 949 g/mol. The van der Waals surface area contributed by atoms with E-state index in [1.54, 1.807) is 0 Å². The number of allylic oxidation sites excluding steroid dienone is 18. The summed E-state index contributed by atoms with van der Waals surface area (Å²) in [5.41, 5.74) is 0. The largest absolute Gasteiger partial charge is 0.462 e. The third-order valence-electron chi connectivity index (χ3n) is 13.7. The van der Waals surface area contributed by atoms with Crippen LogP contribution in [0, 0.1) is 0 Å². The number of hydrogen-bond acceptors (Lipinski definition) is 6. The molecule has 0 N–H and O–H groups in total. The summed E-state index contributed by atoms with van der Waals surface area (Å²) in [6.45, 7) is 6.45. The second-order valence-corrected chi connectivity index (χ2v) is 21.3. The summed E-state index contributed by atoms with van der Waals surface area (Å²) in [5, 5.41) is 0. The minimum Gasteiger partial charge on any atom is -0.462 e. The van der Waals surface area contributed by atoms with Crippen LogP contribution in [0.2, 0.25) is 0 Å². The molecule has 0 aromatic heterocycles. The van der Waals surface area contributed by atoms with Gasteiger partial charge in [0, 0.05) is 19.3 Å². The molecule has 6 heteroatoms. The van der Waals surface area contributed by atoms with Gasteiger partial charge in [0.2, 0.25) is 0 Å². The number of esters is 3. The second kappa shape index (κ2) is 64.6. The Morgan fingerprint density at radius 1 is 0.273 bits per heavy atom. The van der Waals surface area contributed by atoms with Gasteiger partial charge in [-0.05, 0) is 122 Å². The van der Waals surface area contributed by atoms with Crippen LogP contribution in [-0.2, 0) is 28.6 Å². The van der Waals surface area contributed by atoms with Crippen molar-refractivity contribution in [1.29, 1.82) is 0 Å². The van der Waals surface area contributed by atoms with Crippen molar-refractivity contribution in [1.82, 2.24) is 0 Å². The van der Waals surface area contributed by atoms with E-state index < -0.39 is 6.10 Å². The fraction of sp³-hybridized carbons (Fsp3) is 0.704. The predicted molar refractivity (Wildman–Crippen MR) is 334 cm³/mol. The molecule has 440 valence electrons. The first kappa shape index (κ1) is 73.1. The van der Waals surface area contributed by atoms with Crippen LogP contribution >= 0.6 is 0 Å². The van der Waals surface area contributed by atoms with Crippen molar-refractivity contribution in [3.8, 4) is 0 Å². The van der Waals surface area contributed by atoms with E-state index >= 15 is 0 Å². The third-order valence-corrected chi connectivity index (χ3v) is 13.7. The van der Waals surface area contributed by atoms with E-state index in [9.17, 15) is 14.4 Å². The van der Waals surface area contributed by atoms with E-state index in [0.717, 1.165) is 141 Å². The van der Waals surface area contributed by atoms with Gasteiger partial charge in [0.15, 0.2) is 6.10 Å². The zero-order valence-electron chi connectivity index (χ0n) is 50.4. The molecule has 0 radical (unpaired) electrons. The number of unbranched alkanes of at least 4 members (excludes halogenated alkanes) is 29. The minimum atomic E-state index is -0.798. The fourth-order valence-electron chi connectivity index (χ4n) is 8.89. The van der Waals surface area contributed by atoms with Gasteiger partial charge < -0.3 is 14.2 Å². The molecule has 0 spiro atoms. The molecule has 0 bridgehead atoms. The average Bonchev–Trinajstić information content (AvgIpc) is 3.43. The Hall–Kier alpha value is -3.93. The normalized spacial score (nSPS) is 12.8. The maximum Gasteiger partial charge on any atom is 0.306 e. The number of rotatable bonds is 58. The van der Waals surface area contributed by atoms with E-state index in [1.807, 2.05) is 0 Å². The fourth-order valence-corrected chi connectivity index (χ4v) is 8.89. The van der Waals surface area contributed by atoms with Crippen molar-refractivity contribution in [3.63, 3.8) is 0 Å². The maximum absolute atomic E-state index is 12.9. The highest BCUT2D eigenvalue weighted by atomic mass is 16.6. The Morgan fingerprint density at radius 2 is 0.532 bits per heavy atom. The Labute approximate surface area is 476 Å². The van der Waals surface area contributed by atoms with Crippen LogP contribution < -0.4 is 0 Å². The molecule has 0 heterocycles. The first-order chi connectivity index (χ1) is 38.0. The molecule has 0 aliphatic heterocycles. The van der Waals surface area contributed by atoms with Gasteiger partial charge in [-0.25, -0.2) is 0 Å². The lowest BCUT2D eigenvalue weighted by Crippen LogP contribution is -2.30. The molecule has 0 aromatic rings. The van der Waals surface area contributed by atoms with Gasteiger partial charge in [0.1, 0.15) is 13.2 Å². The van der Waals surface area contributed by atoms with E-state index in [-0.39, 0.29) is 31.1 Å². The van der Waals surface area contributed by atoms with Crippen molar-refractivity contribution >= 4 is 17.9 Å². The van der Waals surface area contributed by atoms with Gasteiger partial charge in [-0.15, -0.1) is 0 Å². The van der Waals surface area contributed by atoms with Crippen LogP contribution in [0.4, 0.5) is 0 Å². The first-order valence-electron chi connectivity index (χ1n) is 32.4. The molecule has 77 heavy (non-hydrogen) atoms. The first-order valence-corrected chi connectivity index (χ1v) is 32.4. The molecule has 1 atom stereocenters. The molecular formula is C71H120O6. The van der Waals surface area contributed by atoms with Gasteiger partial charge >= 0.3 is 17.9 Å². The van der Waals surface area contributed by atoms with Crippen LogP contribution in [0.25, 0.3) is 0 Å². The van der Waals surface area contributed by atoms with E-state index in [4.69, 9.17) is 14.2 Å². The van der Waals surface area contributed by atoms with Crippen LogP contribution in [0.15, 0.2) is 109 Å². The van der Waals surface area contributed by atoms with Crippen LogP contribution in [0.1, 0.15) is 303 Å². The Kier molecular flexibility index (Phi) is 61.3. The number of ether oxygens (including phenoxy) is 3. The van der Waals surface area contributed by atoms with E-state index in [0.29, 0.717) is 19.3 Å². The van der Waals surface area contributed by atoms with Crippen LogP contribution in [0.5, 0.6) is 0 Å². The zero-order valence-corrected chi connectivity index (χ0v) is 50.4. The summed E-state index contributed by atoms with van der Waals surface area (Å²) in [7, 11) is 0. The molecule has 0 saturated heterocycles. The predicted octanol–water partition coefficient (Wildman–Crippen LogP) is 22.2. The van der Waals surface area contributed by atoms with Gasteiger partial charge in [0.25, 0.3) is 0 Å². The lowest BCUT2D eigenvalue weighted by molar-refractivity contribution is -0.167. The quantitative estimate of drug-likeness (QED) is 0.0261. The minimum absolute atomic E-state index is 0.0944. The highest BCUT2D eigenvalue weighted by Crippen LogP contribution is 2.16. The van der Waals surface area contributed by atoms with Crippen molar-refractivity contribution in [2.24, 2.45) is 0 Å². The van der Waals surface area contributed by atoms with Crippen molar-refractivity contribution in [2.45, 2.75) is 309 Å². The van der Waals surface area contributed by atoms with E-state index in [2.05, 4.69) is 130 Å². The topological polar surface area (TPSA) is 78.9 Å². The highest BCUT2D eigenvalue weighted by molar-refractivity contribution is 5.71. The lowest BCUT2D eigenvalue weighted by Gasteiger charge is -2.18. The standard InChI is InChI=1S/C71H120O6/c1-4-7-10-13-16-19-22-25-27-29-31-33-35-37-39-41-43-46-49-52-55-58-61-64-70(73)76-67-68(66-75-69(72)63-60-57-54-51-48-45-24-21-18-15-12-9-6-3)77-71(74)65-62-59-56-53-50-47-44-42-40-38-36-34-32-30-28-26-23-20-17-14-11-8-5-2/h7,10,12,15-16,19,21,24-25,27,30-33,37,39,43,46,68H,4-6,8-9,11,13-14,17-18,20,22-23,26,28-29,34-36,38,40-42,44-45,47-67H2,1-3H3/b10-7-,15-12-,19-16-,24-21-,27-25-,32-30-,33-31-,39-37-,46-43-. The maximum atomic E-state index is 12.9. The summed E-state index contributed by atoms with van der Waals surface area (Å²) in [4.78, 5) is 38.3. The zero-order chi connectivity index (χ0) is 55.7. The molecule has 0 fully saturated rings. The molecule has 0 aliphatic carbocycles. The highest BCUT2D eigenvalue weighted by Gasteiger charge is 2.19. The number of hydrogen-bond donors (Lipinski definition) is 0. The summed E-state index contributed by atoms with van der Waals surface area (Å²) in [5.74, 6) is -0.927. The molecule has 0 saturated carbocycles. The monoisotopic (exact) mass is 1070 g/mol. The molecule has 0 amide bonds. The van der Waals surface area contributed by atoms with Gasteiger partial charge in [-0.1, -0.05) is 271 Å². The summed E-state index contributed by atoms with van der Waals surface area (Å²) < 4.78 is 16.9. The molecule has 0 aliphatic rings. The van der Waals surface area contributed by atoms with E-state index in [1.165, 1.54) is 122 Å². The summed E-state index contributed by atoms with van der Waals surface area (Å²) in [6.07, 6.45) is 88.1. The van der Waals surface area contributed by atoms with Crippen molar-refractivity contribution in [2.75, 3.05) is 13.2 Å². The van der Waals surface area contributed by atoms with Crippen LogP contribution in [0.3, 0.4) is 0 Å². The third kappa shape index (κ3) is 62.8. The lowest BCUT2D eigenvalue weighted by atomic mass is 10.0. The SMILES string of the molecule is CC/C=C\C/C=C\C/C=C\C/C=C\C/C=C\C/C=C\CCCCCCC(=O)OCC(COC(=O)CCCCCCC/C=C\C/C=C\CCC)OC(=O)CCCCCCCCCCCCC/C=C\CCCCCCCCCC. The Bertz CT molecular complexity index is 1560. The number of carbonyl (C=O) groups is 3. The molecule has 6 nitrogen and oxygen atoms in total. The Balaban J connectivity index is 4.39. The average molecular weight is 1070 g/mol. The smallest absolute Gasteiger partial charge is 0.306 e. The Morgan fingerprint density at radius 3 is 0.857 bits per heavy atom. The van der Waals surface area contributed by atoms with Gasteiger partial charge in [0.05, 0.1) is 0 Å². The summed E-state index contributed by atoms with van der Waals surface area (Å²) >= 11 is 0. The van der Waals surface area contributed by atoms with Gasteiger partial charge in [-0.3, -0.25) is 14.4 Å². The van der Waals surface area contributed by atoms with Gasteiger partial charge in [-0.2, -0.15) is 0 Å². The van der Waals surface area contributed by atoms with Crippen LogP contribution in [-0.4, -0.2) is 37.2 Å². The number of carbonyl (C=O) groups excluding carboxylic acids is 3. The molecule has 1 unspecified atom stereocenters. The summed E-state index contributed by atoms with van der Waals surface area (Å²) in [6, 6.07) is 0. The second-order valence-electron chi connectivity index (χ2n) is 21.3. The molecule has 0 rings (SSSR count).